The van der Waals surface area contributed by atoms with Crippen LogP contribution in [0.25, 0.3) is 0 Å². The summed E-state index contributed by atoms with van der Waals surface area (Å²) in [5.74, 6) is -0.411. The molecule has 0 bridgehead atoms. The lowest BCUT2D eigenvalue weighted by Crippen LogP contribution is -2.58. The number of carbonyl (C=O) groups is 3. The average molecular weight is 497 g/mol. The predicted octanol–water partition coefficient (Wildman–Crippen LogP) is 2.53. The highest BCUT2D eigenvalue weighted by molar-refractivity contribution is 5.85. The number of amides is 3. The number of carboxylic acid groups (broad SMARTS) is 1. The Morgan fingerprint density at radius 1 is 0.944 bits per heavy atom. The first-order valence-electron chi connectivity index (χ1n) is 12.4. The molecule has 0 heterocycles. The lowest BCUT2D eigenvalue weighted by molar-refractivity contribution is -0.269. The van der Waals surface area contributed by atoms with Gasteiger partial charge in [-0.2, -0.15) is 0 Å². The Morgan fingerprint density at radius 2 is 1.56 bits per heavy atom. The van der Waals surface area contributed by atoms with E-state index in [1.54, 1.807) is 36.4 Å². The highest BCUT2D eigenvalue weighted by atomic mass is 16.5. The van der Waals surface area contributed by atoms with E-state index in [0.29, 0.717) is 6.42 Å². The zero-order valence-corrected chi connectivity index (χ0v) is 20.3. The van der Waals surface area contributed by atoms with E-state index in [2.05, 4.69) is 10.6 Å². The van der Waals surface area contributed by atoms with Gasteiger partial charge in [-0.05, 0) is 23.5 Å². The lowest BCUT2D eigenvalue weighted by atomic mass is 9.84. The molecule has 1 aliphatic carbocycles. The predicted molar refractivity (Wildman–Crippen MR) is 131 cm³/mol. The number of aliphatic hydroxyl groups excluding tert-OH is 1. The number of hydrogen-bond donors (Lipinski definition) is 3. The largest absolute Gasteiger partial charge is 0.530 e. The van der Waals surface area contributed by atoms with Crippen LogP contribution in [0, 0.1) is 5.92 Å². The Labute approximate surface area is 211 Å². The second-order valence-corrected chi connectivity index (χ2v) is 9.08. The van der Waals surface area contributed by atoms with Crippen LogP contribution in [0.5, 0.6) is 0 Å². The second-order valence-electron chi connectivity index (χ2n) is 9.08. The number of ether oxygens (including phenoxy) is 1. The van der Waals surface area contributed by atoms with Crippen LogP contribution in [0.2, 0.25) is 0 Å². The maximum Gasteiger partial charge on any atom is 0.409 e. The molecule has 1 fully saturated rings. The number of hydrogen-bond acceptors (Lipinski definition) is 6. The molecule has 194 valence electrons. The number of nitrogens with zero attached hydrogens (tertiary/aromatic N) is 1. The molecule has 1 unspecified atom stereocenters. The van der Waals surface area contributed by atoms with Crippen molar-refractivity contribution >= 4 is 18.1 Å². The molecular formula is C27H34N3O6-. The molecule has 0 radical (unpaired) electrons. The quantitative estimate of drug-likeness (QED) is 0.410. The molecule has 2 aromatic carbocycles. The van der Waals surface area contributed by atoms with E-state index in [-0.39, 0.29) is 19.1 Å². The molecule has 2 atom stereocenters. The minimum Gasteiger partial charge on any atom is -0.530 e. The molecule has 36 heavy (non-hydrogen) atoms. The molecule has 3 rings (SSSR count). The fourth-order valence-electron chi connectivity index (χ4n) is 4.50. The topological polar surface area (TPSA) is 131 Å². The number of carbonyl (C=O) groups excluding carboxylic acids is 3. The fourth-order valence-corrected chi connectivity index (χ4v) is 4.50. The van der Waals surface area contributed by atoms with Gasteiger partial charge in [-0.1, -0.05) is 92.8 Å². The Balaban J connectivity index is 1.67. The third-order valence-electron chi connectivity index (χ3n) is 6.39. The summed E-state index contributed by atoms with van der Waals surface area (Å²) in [6.45, 7) is -0.574. The van der Waals surface area contributed by atoms with Crippen molar-refractivity contribution in [3.63, 3.8) is 0 Å². The monoisotopic (exact) mass is 496 g/mol. The van der Waals surface area contributed by atoms with Crippen LogP contribution < -0.4 is 15.7 Å². The van der Waals surface area contributed by atoms with E-state index in [4.69, 9.17) is 4.74 Å². The Morgan fingerprint density at radius 3 is 2.14 bits per heavy atom. The van der Waals surface area contributed by atoms with E-state index >= 15 is 0 Å². The van der Waals surface area contributed by atoms with Crippen LogP contribution in [0.1, 0.15) is 49.7 Å². The number of benzene rings is 2. The summed E-state index contributed by atoms with van der Waals surface area (Å²) in [5.41, 5.74) is 1.51. The molecule has 0 aliphatic heterocycles. The minimum atomic E-state index is -1.45. The normalized spacial score (nSPS) is 15.4. The van der Waals surface area contributed by atoms with Crippen LogP contribution >= 0.6 is 0 Å². The fraction of sp³-hybridized carbons (Fsp3) is 0.444. The molecule has 3 N–H and O–H groups in total. The van der Waals surface area contributed by atoms with Crippen molar-refractivity contribution in [3.8, 4) is 0 Å². The summed E-state index contributed by atoms with van der Waals surface area (Å²) < 4.78 is 5.16. The van der Waals surface area contributed by atoms with E-state index in [0.717, 1.165) is 48.1 Å². The highest BCUT2D eigenvalue weighted by Gasteiger charge is 2.31. The van der Waals surface area contributed by atoms with Crippen molar-refractivity contribution in [1.82, 2.24) is 15.5 Å². The summed E-state index contributed by atoms with van der Waals surface area (Å²) in [6.07, 6.45) is 1.97. The van der Waals surface area contributed by atoms with Crippen LogP contribution in [0.3, 0.4) is 0 Å². The van der Waals surface area contributed by atoms with Gasteiger partial charge in [0.25, 0.3) is 0 Å². The molecular weight excluding hydrogens is 462 g/mol. The number of rotatable bonds is 11. The SMILES string of the molecule is O=C(NC(CO)NC(=O)[C@H](CC1CCCCC1)N(Cc1ccccc1)C(=O)[O-])OCc1ccccc1. The van der Waals surface area contributed by atoms with Crippen LogP contribution in [-0.4, -0.2) is 46.9 Å². The van der Waals surface area contributed by atoms with Crippen molar-refractivity contribution < 1.29 is 29.3 Å². The lowest BCUT2D eigenvalue weighted by Gasteiger charge is -2.36. The van der Waals surface area contributed by atoms with Crippen LogP contribution in [-0.2, 0) is 22.7 Å². The molecule has 9 nitrogen and oxygen atoms in total. The van der Waals surface area contributed by atoms with Gasteiger partial charge < -0.3 is 30.0 Å². The van der Waals surface area contributed by atoms with Gasteiger partial charge in [0, 0.05) is 6.54 Å². The van der Waals surface area contributed by atoms with Gasteiger partial charge in [0.15, 0.2) is 0 Å². The average Bonchev–Trinajstić information content (AvgIpc) is 2.90. The number of aliphatic hydroxyl groups is 1. The molecule has 0 saturated heterocycles. The standard InChI is InChI=1S/C27H35N3O6/c31-18-24(29-26(33)36-19-22-14-8-3-9-15-22)28-25(32)23(16-20-10-4-1-5-11-20)30(27(34)35)17-21-12-6-2-7-13-21/h2-3,6-9,12-15,20,23-24,31H,1,4-5,10-11,16-19H2,(H,28,32)(H,29,33)(H,34,35)/p-1/t23-,24?/m0/s1. The van der Waals surface area contributed by atoms with Crippen molar-refractivity contribution in [2.45, 2.75) is 63.9 Å². The zero-order chi connectivity index (χ0) is 25.8. The van der Waals surface area contributed by atoms with Gasteiger partial charge in [0.2, 0.25) is 5.91 Å². The Hall–Kier alpha value is -3.59. The van der Waals surface area contributed by atoms with E-state index in [9.17, 15) is 24.6 Å². The van der Waals surface area contributed by atoms with Crippen LogP contribution in [0.15, 0.2) is 60.7 Å². The molecule has 2 aromatic rings. The van der Waals surface area contributed by atoms with Gasteiger partial charge in [0.1, 0.15) is 24.9 Å². The van der Waals surface area contributed by atoms with Crippen molar-refractivity contribution in [2.75, 3.05) is 6.61 Å². The van der Waals surface area contributed by atoms with Gasteiger partial charge in [-0.3, -0.25) is 10.1 Å². The third kappa shape index (κ3) is 8.57. The smallest absolute Gasteiger partial charge is 0.409 e. The number of alkyl carbamates (subject to hydrolysis) is 1. The van der Waals surface area contributed by atoms with E-state index < -0.39 is 36.9 Å². The molecule has 0 spiro atoms. The maximum atomic E-state index is 13.3. The Bertz CT molecular complexity index is 966. The molecule has 1 aliphatic rings. The maximum absolute atomic E-state index is 13.3. The van der Waals surface area contributed by atoms with E-state index in [1.807, 2.05) is 24.3 Å². The summed E-state index contributed by atoms with van der Waals surface area (Å²) in [4.78, 5) is 38.7. The van der Waals surface area contributed by atoms with Gasteiger partial charge in [-0.25, -0.2) is 4.79 Å². The van der Waals surface area contributed by atoms with Crippen molar-refractivity contribution in [3.05, 3.63) is 71.8 Å². The minimum absolute atomic E-state index is 0.00961. The molecule has 9 heteroatoms. The molecule has 1 saturated carbocycles. The highest BCUT2D eigenvalue weighted by Crippen LogP contribution is 2.29. The van der Waals surface area contributed by atoms with Gasteiger partial charge >= 0.3 is 6.09 Å². The molecule has 0 aromatic heterocycles. The Kier molecular flexibility index (Phi) is 10.6. The first kappa shape index (κ1) is 27.0. The number of nitrogens with one attached hydrogen (secondary N) is 2. The van der Waals surface area contributed by atoms with Crippen molar-refractivity contribution in [2.24, 2.45) is 5.92 Å². The molecule has 3 amide bonds. The summed E-state index contributed by atoms with van der Waals surface area (Å²) in [6, 6.07) is 17.0. The second kappa shape index (κ2) is 14.1. The van der Waals surface area contributed by atoms with Crippen molar-refractivity contribution in [1.29, 1.82) is 0 Å². The first-order chi connectivity index (χ1) is 17.5. The van der Waals surface area contributed by atoms with Gasteiger partial charge in [0.05, 0.1) is 6.61 Å². The first-order valence-corrected chi connectivity index (χ1v) is 12.4. The summed E-state index contributed by atoms with van der Waals surface area (Å²) in [5, 5.41) is 26.9. The summed E-state index contributed by atoms with van der Waals surface area (Å²) >= 11 is 0. The summed E-state index contributed by atoms with van der Waals surface area (Å²) in [7, 11) is 0. The van der Waals surface area contributed by atoms with Crippen LogP contribution in [0.4, 0.5) is 9.59 Å². The van der Waals surface area contributed by atoms with Gasteiger partial charge in [-0.15, -0.1) is 0 Å². The van der Waals surface area contributed by atoms with E-state index in [1.165, 1.54) is 0 Å². The zero-order valence-electron chi connectivity index (χ0n) is 20.3. The third-order valence-corrected chi connectivity index (χ3v) is 6.39.